The Morgan fingerprint density at radius 1 is 1.53 bits per heavy atom. The van der Waals surface area contributed by atoms with Crippen molar-refractivity contribution in [2.75, 3.05) is 5.32 Å². The zero-order chi connectivity index (χ0) is 11.5. The number of rotatable bonds is 1. The minimum atomic E-state index is -0.534. The van der Waals surface area contributed by atoms with Gasteiger partial charge in [0, 0.05) is 6.20 Å². The number of nitrogens with zero attached hydrogens (tertiary/aromatic N) is 2. The molecular weight excluding hydrogens is 262 g/mol. The van der Waals surface area contributed by atoms with Gasteiger partial charge in [-0.15, -0.1) is 0 Å². The van der Waals surface area contributed by atoms with Gasteiger partial charge in [-0.3, -0.25) is 5.32 Å². The van der Waals surface area contributed by atoms with Crippen LogP contribution in [0.5, 0.6) is 0 Å². The lowest BCUT2D eigenvalue weighted by molar-refractivity contribution is 0.0635. The van der Waals surface area contributed by atoms with Gasteiger partial charge >= 0.3 is 6.09 Å². The molecule has 0 radical (unpaired) electrons. The average Bonchev–Trinajstić information content (AvgIpc) is 1.99. The van der Waals surface area contributed by atoms with Crippen molar-refractivity contribution >= 4 is 27.8 Å². The Bertz CT molecular complexity index is 363. The molecule has 0 saturated carbocycles. The molecule has 0 fully saturated rings. The fraction of sp³-hybridized carbons (Fsp3) is 0.444. The molecule has 5 nitrogen and oxygen atoms in total. The number of nitrogens with one attached hydrogen (secondary N) is 1. The fourth-order valence-electron chi connectivity index (χ4n) is 0.813. The van der Waals surface area contributed by atoms with E-state index in [1.165, 1.54) is 6.20 Å². The number of hydrogen-bond acceptors (Lipinski definition) is 4. The van der Waals surface area contributed by atoms with Crippen LogP contribution in [-0.2, 0) is 4.74 Å². The SMILES string of the molecule is CC(C)(C)OC(=O)Nc1ccnc(Br)n1. The van der Waals surface area contributed by atoms with Gasteiger partial charge in [0.25, 0.3) is 0 Å². The van der Waals surface area contributed by atoms with Crippen LogP contribution in [0.3, 0.4) is 0 Å². The van der Waals surface area contributed by atoms with E-state index in [4.69, 9.17) is 4.74 Å². The summed E-state index contributed by atoms with van der Waals surface area (Å²) < 4.78 is 5.47. The van der Waals surface area contributed by atoms with Crippen LogP contribution in [0, 0.1) is 0 Å². The lowest BCUT2D eigenvalue weighted by Crippen LogP contribution is -2.27. The zero-order valence-electron chi connectivity index (χ0n) is 8.74. The molecule has 0 unspecified atom stereocenters. The first-order valence-electron chi connectivity index (χ1n) is 4.35. The second kappa shape index (κ2) is 4.57. The molecule has 1 aromatic heterocycles. The molecule has 0 bridgehead atoms. The average molecular weight is 274 g/mol. The predicted molar refractivity (Wildman–Crippen MR) is 59.6 cm³/mol. The van der Waals surface area contributed by atoms with Crippen LogP contribution in [0.25, 0.3) is 0 Å². The van der Waals surface area contributed by atoms with Crippen molar-refractivity contribution in [3.8, 4) is 0 Å². The Balaban J connectivity index is 2.59. The van der Waals surface area contributed by atoms with E-state index in [0.29, 0.717) is 10.6 Å². The largest absolute Gasteiger partial charge is 0.444 e. The third-order valence-electron chi connectivity index (χ3n) is 1.26. The Kier molecular flexibility index (Phi) is 3.62. The minimum Gasteiger partial charge on any atom is -0.444 e. The van der Waals surface area contributed by atoms with Crippen molar-refractivity contribution in [3.63, 3.8) is 0 Å². The van der Waals surface area contributed by atoms with Gasteiger partial charge in [-0.2, -0.15) is 0 Å². The predicted octanol–water partition coefficient (Wildman–Crippen LogP) is 2.59. The number of carbonyl (C=O) groups excluding carboxylic acids is 1. The monoisotopic (exact) mass is 273 g/mol. The molecule has 0 spiro atoms. The van der Waals surface area contributed by atoms with Crippen molar-refractivity contribution in [1.29, 1.82) is 0 Å². The number of hydrogen-bond donors (Lipinski definition) is 1. The van der Waals surface area contributed by atoms with Gasteiger partial charge in [0.1, 0.15) is 11.4 Å². The van der Waals surface area contributed by atoms with E-state index in [1.54, 1.807) is 26.8 Å². The van der Waals surface area contributed by atoms with Crippen LogP contribution in [-0.4, -0.2) is 21.7 Å². The highest BCUT2D eigenvalue weighted by Crippen LogP contribution is 2.10. The quantitative estimate of drug-likeness (QED) is 0.799. The first-order chi connectivity index (χ1) is 6.87. The summed E-state index contributed by atoms with van der Waals surface area (Å²) in [5.74, 6) is 0.395. The number of anilines is 1. The standard InChI is InChI=1S/C9H12BrN3O2/c1-9(2,3)15-8(14)13-6-4-5-11-7(10)12-6/h4-5H,1-3H3,(H,11,12,13,14). The molecule has 15 heavy (non-hydrogen) atoms. The second-order valence-electron chi connectivity index (χ2n) is 3.84. The van der Waals surface area contributed by atoms with Gasteiger partial charge in [0.2, 0.25) is 0 Å². The van der Waals surface area contributed by atoms with Crippen LogP contribution in [0.4, 0.5) is 10.6 Å². The molecule has 1 aromatic rings. The Morgan fingerprint density at radius 3 is 2.73 bits per heavy atom. The Labute approximate surface area is 96.4 Å². The summed E-state index contributed by atoms with van der Waals surface area (Å²) in [6.45, 7) is 5.38. The molecule has 82 valence electrons. The number of halogens is 1. The van der Waals surface area contributed by atoms with Crippen LogP contribution < -0.4 is 5.32 Å². The highest BCUT2D eigenvalue weighted by molar-refractivity contribution is 9.10. The van der Waals surface area contributed by atoms with E-state index < -0.39 is 11.7 Å². The molecule has 0 aliphatic rings. The molecule has 0 atom stereocenters. The summed E-state index contributed by atoms with van der Waals surface area (Å²) in [5.41, 5.74) is -0.519. The molecule has 1 N–H and O–H groups in total. The number of ether oxygens (including phenoxy) is 1. The van der Waals surface area contributed by atoms with E-state index >= 15 is 0 Å². The normalized spacial score (nSPS) is 10.9. The van der Waals surface area contributed by atoms with E-state index in [9.17, 15) is 4.79 Å². The third kappa shape index (κ3) is 4.73. The Hall–Kier alpha value is -1.17. The molecule has 6 heteroatoms. The van der Waals surface area contributed by atoms with Crippen molar-refractivity contribution in [2.24, 2.45) is 0 Å². The lowest BCUT2D eigenvalue weighted by Gasteiger charge is -2.19. The molecule has 1 amide bonds. The minimum absolute atomic E-state index is 0.395. The summed E-state index contributed by atoms with van der Waals surface area (Å²) in [6.07, 6.45) is 0.997. The van der Waals surface area contributed by atoms with Gasteiger partial charge in [0.15, 0.2) is 4.73 Å². The van der Waals surface area contributed by atoms with Gasteiger partial charge in [0.05, 0.1) is 0 Å². The summed E-state index contributed by atoms with van der Waals surface area (Å²) in [4.78, 5) is 19.1. The second-order valence-corrected chi connectivity index (χ2v) is 4.55. The summed E-state index contributed by atoms with van der Waals surface area (Å²) in [5, 5.41) is 2.50. The molecule has 0 aliphatic carbocycles. The number of amides is 1. The maximum Gasteiger partial charge on any atom is 0.413 e. The molecular formula is C9H12BrN3O2. The highest BCUT2D eigenvalue weighted by atomic mass is 79.9. The molecule has 0 aliphatic heterocycles. The molecule has 0 saturated heterocycles. The smallest absolute Gasteiger partial charge is 0.413 e. The van der Waals surface area contributed by atoms with Gasteiger partial charge in [-0.25, -0.2) is 14.8 Å². The van der Waals surface area contributed by atoms with Crippen molar-refractivity contribution < 1.29 is 9.53 Å². The maximum atomic E-state index is 11.3. The highest BCUT2D eigenvalue weighted by Gasteiger charge is 2.16. The van der Waals surface area contributed by atoms with Crippen LogP contribution >= 0.6 is 15.9 Å². The summed E-state index contributed by atoms with van der Waals surface area (Å²) in [6, 6.07) is 1.58. The van der Waals surface area contributed by atoms with Gasteiger partial charge < -0.3 is 4.74 Å². The first kappa shape index (κ1) is 11.9. The summed E-state index contributed by atoms with van der Waals surface area (Å²) in [7, 11) is 0. The lowest BCUT2D eigenvalue weighted by atomic mass is 10.2. The van der Waals surface area contributed by atoms with E-state index in [0.717, 1.165) is 0 Å². The third-order valence-corrected chi connectivity index (χ3v) is 1.64. The van der Waals surface area contributed by atoms with Gasteiger partial charge in [-0.1, -0.05) is 0 Å². The van der Waals surface area contributed by atoms with Crippen molar-refractivity contribution in [3.05, 3.63) is 17.0 Å². The first-order valence-corrected chi connectivity index (χ1v) is 5.15. The van der Waals surface area contributed by atoms with E-state index in [-0.39, 0.29) is 0 Å². The molecule has 1 heterocycles. The van der Waals surface area contributed by atoms with Crippen molar-refractivity contribution in [2.45, 2.75) is 26.4 Å². The van der Waals surface area contributed by atoms with Crippen molar-refractivity contribution in [1.82, 2.24) is 9.97 Å². The van der Waals surface area contributed by atoms with Crippen LogP contribution in [0.2, 0.25) is 0 Å². The Morgan fingerprint density at radius 2 is 2.20 bits per heavy atom. The van der Waals surface area contributed by atoms with E-state index in [2.05, 4.69) is 31.2 Å². The van der Waals surface area contributed by atoms with Crippen LogP contribution in [0.15, 0.2) is 17.0 Å². The number of carbonyl (C=O) groups is 1. The number of aromatic nitrogens is 2. The maximum absolute atomic E-state index is 11.3. The molecule has 0 aromatic carbocycles. The van der Waals surface area contributed by atoms with Crippen LogP contribution in [0.1, 0.15) is 20.8 Å². The topological polar surface area (TPSA) is 64.1 Å². The molecule has 1 rings (SSSR count). The van der Waals surface area contributed by atoms with E-state index in [1.807, 2.05) is 0 Å². The zero-order valence-corrected chi connectivity index (χ0v) is 10.3. The van der Waals surface area contributed by atoms with Gasteiger partial charge in [-0.05, 0) is 42.8 Å². The fourth-order valence-corrected chi connectivity index (χ4v) is 1.12. The summed E-state index contributed by atoms with van der Waals surface area (Å²) >= 11 is 3.10.